The van der Waals surface area contributed by atoms with Crippen LogP contribution in [-0.2, 0) is 5.88 Å². The van der Waals surface area contributed by atoms with Crippen LogP contribution in [0.2, 0.25) is 5.02 Å². The number of aromatic nitrogens is 2. The molecule has 108 valence electrons. The van der Waals surface area contributed by atoms with Gasteiger partial charge in [-0.1, -0.05) is 11.6 Å². The molecule has 0 aliphatic heterocycles. The first-order chi connectivity index (χ1) is 10.1. The standard InChI is InChI=1S/C15H11Cl2FN2O/c1-21-14-5-3-10(7-11(14)18)20-13-4-2-9(17)6-12(13)19-15(20)8-16/h2-7H,8H2,1H3. The number of methoxy groups -OCH3 is 1. The minimum absolute atomic E-state index is 0.193. The molecule has 0 saturated carbocycles. The molecule has 6 heteroatoms. The molecule has 0 atom stereocenters. The van der Waals surface area contributed by atoms with Crippen molar-refractivity contribution in [2.24, 2.45) is 0 Å². The molecule has 1 heterocycles. The van der Waals surface area contributed by atoms with Crippen LogP contribution in [0, 0.1) is 5.82 Å². The Morgan fingerprint density at radius 2 is 2.05 bits per heavy atom. The van der Waals surface area contributed by atoms with Crippen molar-refractivity contribution in [3.63, 3.8) is 0 Å². The quantitative estimate of drug-likeness (QED) is 0.660. The molecule has 0 radical (unpaired) electrons. The fraction of sp³-hybridized carbons (Fsp3) is 0.133. The van der Waals surface area contributed by atoms with Gasteiger partial charge in [-0.05, 0) is 30.3 Å². The third-order valence-corrected chi connectivity index (χ3v) is 3.67. The zero-order valence-electron chi connectivity index (χ0n) is 11.1. The van der Waals surface area contributed by atoms with Gasteiger partial charge in [0, 0.05) is 11.1 Å². The Kier molecular flexibility index (Phi) is 3.74. The zero-order chi connectivity index (χ0) is 15.0. The predicted molar refractivity (Wildman–Crippen MR) is 82.1 cm³/mol. The largest absolute Gasteiger partial charge is 0.494 e. The van der Waals surface area contributed by atoms with E-state index in [4.69, 9.17) is 27.9 Å². The van der Waals surface area contributed by atoms with Crippen LogP contribution in [0.25, 0.3) is 16.7 Å². The molecule has 3 rings (SSSR count). The van der Waals surface area contributed by atoms with Crippen LogP contribution < -0.4 is 4.74 Å². The fourth-order valence-corrected chi connectivity index (χ4v) is 2.62. The third kappa shape index (κ3) is 2.45. The van der Waals surface area contributed by atoms with Crippen molar-refractivity contribution >= 4 is 34.2 Å². The summed E-state index contributed by atoms with van der Waals surface area (Å²) in [4.78, 5) is 4.43. The summed E-state index contributed by atoms with van der Waals surface area (Å²) in [5, 5.41) is 0.592. The Balaban J connectivity index is 2.25. The van der Waals surface area contributed by atoms with E-state index in [-0.39, 0.29) is 11.6 Å². The van der Waals surface area contributed by atoms with Gasteiger partial charge in [0.2, 0.25) is 0 Å². The Labute approximate surface area is 130 Å². The Morgan fingerprint density at radius 1 is 1.24 bits per heavy atom. The highest BCUT2D eigenvalue weighted by molar-refractivity contribution is 6.31. The highest BCUT2D eigenvalue weighted by Crippen LogP contribution is 2.27. The van der Waals surface area contributed by atoms with Gasteiger partial charge >= 0.3 is 0 Å². The van der Waals surface area contributed by atoms with Crippen molar-refractivity contribution in [2.75, 3.05) is 7.11 Å². The number of alkyl halides is 1. The van der Waals surface area contributed by atoms with E-state index in [0.717, 1.165) is 11.0 Å². The second kappa shape index (κ2) is 5.54. The van der Waals surface area contributed by atoms with Crippen molar-refractivity contribution in [3.8, 4) is 11.4 Å². The van der Waals surface area contributed by atoms with Crippen LogP contribution in [0.4, 0.5) is 4.39 Å². The van der Waals surface area contributed by atoms with Crippen LogP contribution in [-0.4, -0.2) is 16.7 Å². The molecular formula is C15H11Cl2FN2O. The number of hydrogen-bond donors (Lipinski definition) is 0. The molecule has 0 unspecified atom stereocenters. The minimum Gasteiger partial charge on any atom is -0.494 e. The van der Waals surface area contributed by atoms with Gasteiger partial charge in [0.1, 0.15) is 5.82 Å². The maximum absolute atomic E-state index is 13.9. The smallest absolute Gasteiger partial charge is 0.167 e. The number of benzene rings is 2. The van der Waals surface area contributed by atoms with Gasteiger partial charge in [0.05, 0.1) is 29.7 Å². The summed E-state index contributed by atoms with van der Waals surface area (Å²) in [5.74, 6) is 0.586. The summed E-state index contributed by atoms with van der Waals surface area (Å²) in [6.45, 7) is 0. The van der Waals surface area contributed by atoms with Gasteiger partial charge in [-0.25, -0.2) is 9.37 Å². The second-order valence-corrected chi connectivity index (χ2v) is 5.15. The van der Waals surface area contributed by atoms with Crippen molar-refractivity contribution in [2.45, 2.75) is 5.88 Å². The molecule has 0 aliphatic rings. The Morgan fingerprint density at radius 3 is 2.71 bits per heavy atom. The molecule has 3 nitrogen and oxygen atoms in total. The van der Waals surface area contributed by atoms with E-state index in [1.165, 1.54) is 13.2 Å². The number of hydrogen-bond acceptors (Lipinski definition) is 2. The van der Waals surface area contributed by atoms with Crippen LogP contribution in [0.1, 0.15) is 5.82 Å². The van der Waals surface area contributed by atoms with Crippen LogP contribution in [0.15, 0.2) is 36.4 Å². The lowest BCUT2D eigenvalue weighted by Crippen LogP contribution is -2.00. The van der Waals surface area contributed by atoms with E-state index in [9.17, 15) is 4.39 Å². The molecule has 1 aromatic heterocycles. The molecule has 0 N–H and O–H groups in total. The second-order valence-electron chi connectivity index (χ2n) is 4.45. The van der Waals surface area contributed by atoms with Crippen LogP contribution in [0.3, 0.4) is 0 Å². The zero-order valence-corrected chi connectivity index (χ0v) is 12.6. The van der Waals surface area contributed by atoms with Gasteiger partial charge in [0.15, 0.2) is 11.6 Å². The maximum atomic E-state index is 13.9. The summed E-state index contributed by atoms with van der Waals surface area (Å²) >= 11 is 11.9. The van der Waals surface area contributed by atoms with Gasteiger partial charge in [0.25, 0.3) is 0 Å². The summed E-state index contributed by atoms with van der Waals surface area (Å²) in [6, 6.07) is 10.1. The van der Waals surface area contributed by atoms with Crippen LogP contribution in [0.5, 0.6) is 5.75 Å². The van der Waals surface area contributed by atoms with E-state index >= 15 is 0 Å². The third-order valence-electron chi connectivity index (χ3n) is 3.20. The number of ether oxygens (including phenoxy) is 1. The van der Waals surface area contributed by atoms with E-state index in [1.54, 1.807) is 28.8 Å². The molecule has 0 aliphatic carbocycles. The van der Waals surface area contributed by atoms with Gasteiger partial charge in [-0.3, -0.25) is 4.57 Å². The fourth-order valence-electron chi connectivity index (χ4n) is 2.28. The lowest BCUT2D eigenvalue weighted by atomic mass is 10.2. The van der Waals surface area contributed by atoms with Crippen LogP contribution >= 0.6 is 23.2 Å². The van der Waals surface area contributed by atoms with E-state index in [0.29, 0.717) is 16.5 Å². The molecule has 0 bridgehead atoms. The maximum Gasteiger partial charge on any atom is 0.167 e. The van der Waals surface area contributed by atoms with E-state index in [1.807, 2.05) is 6.07 Å². The van der Waals surface area contributed by atoms with Gasteiger partial charge in [-0.15, -0.1) is 11.6 Å². The van der Waals surface area contributed by atoms with Gasteiger partial charge < -0.3 is 4.74 Å². The topological polar surface area (TPSA) is 27.1 Å². The first-order valence-electron chi connectivity index (χ1n) is 6.21. The van der Waals surface area contributed by atoms with Crippen molar-refractivity contribution in [1.29, 1.82) is 0 Å². The highest BCUT2D eigenvalue weighted by atomic mass is 35.5. The Bertz CT molecular complexity index is 817. The number of nitrogens with zero attached hydrogens (tertiary/aromatic N) is 2. The molecule has 0 saturated heterocycles. The predicted octanol–water partition coefficient (Wildman–Crippen LogP) is 4.57. The Hall–Kier alpha value is -1.78. The number of halogens is 3. The average molecular weight is 325 g/mol. The minimum atomic E-state index is -0.439. The highest BCUT2D eigenvalue weighted by Gasteiger charge is 2.14. The SMILES string of the molecule is COc1ccc(-n2c(CCl)nc3cc(Cl)ccc32)cc1F. The van der Waals surface area contributed by atoms with Gasteiger partial charge in [-0.2, -0.15) is 0 Å². The van der Waals surface area contributed by atoms with E-state index in [2.05, 4.69) is 4.98 Å². The molecule has 3 aromatic rings. The summed E-state index contributed by atoms with van der Waals surface area (Å²) < 4.78 is 20.7. The van der Waals surface area contributed by atoms with E-state index < -0.39 is 5.82 Å². The molecule has 2 aromatic carbocycles. The molecular weight excluding hydrogens is 314 g/mol. The lowest BCUT2D eigenvalue weighted by molar-refractivity contribution is 0.386. The lowest BCUT2D eigenvalue weighted by Gasteiger charge is -2.09. The number of imidazole rings is 1. The normalized spacial score (nSPS) is 11.0. The number of rotatable bonds is 3. The van der Waals surface area contributed by atoms with Crippen molar-refractivity contribution in [1.82, 2.24) is 9.55 Å². The summed E-state index contributed by atoms with van der Waals surface area (Å²) in [7, 11) is 1.43. The molecule has 0 spiro atoms. The summed E-state index contributed by atoms with van der Waals surface area (Å²) in [5.41, 5.74) is 2.17. The molecule has 0 amide bonds. The molecule has 21 heavy (non-hydrogen) atoms. The van der Waals surface area contributed by atoms with Crippen molar-refractivity contribution < 1.29 is 9.13 Å². The van der Waals surface area contributed by atoms with Crippen molar-refractivity contribution in [3.05, 3.63) is 53.1 Å². The summed E-state index contributed by atoms with van der Waals surface area (Å²) in [6.07, 6.45) is 0. The first kappa shape index (κ1) is 14.2. The first-order valence-corrected chi connectivity index (χ1v) is 7.12. The number of fused-ring (bicyclic) bond motifs is 1. The average Bonchev–Trinajstić information content (AvgIpc) is 2.84. The molecule has 0 fully saturated rings. The monoisotopic (exact) mass is 324 g/mol.